The largest absolute Gasteiger partial charge is 0.482 e. The second-order valence-electron chi connectivity index (χ2n) is 5.00. The first kappa shape index (κ1) is 17.3. The van der Waals surface area contributed by atoms with Crippen LogP contribution in [0.5, 0.6) is 5.75 Å². The summed E-state index contributed by atoms with van der Waals surface area (Å²) in [6.45, 7) is -0.758. The number of carboxylic acid groups (broad SMARTS) is 1. The van der Waals surface area contributed by atoms with E-state index < -0.39 is 24.3 Å². The van der Waals surface area contributed by atoms with E-state index in [1.54, 1.807) is 24.3 Å². The van der Waals surface area contributed by atoms with Crippen molar-refractivity contribution in [1.82, 2.24) is 10.6 Å². The van der Waals surface area contributed by atoms with E-state index in [9.17, 15) is 19.2 Å². The Balaban J connectivity index is 1.80. The van der Waals surface area contributed by atoms with E-state index in [-0.39, 0.29) is 32.0 Å². The topological polar surface area (TPSA) is 125 Å². The Bertz CT molecular complexity index is 660. The molecule has 0 saturated heterocycles. The first-order valence-corrected chi connectivity index (χ1v) is 7.25. The van der Waals surface area contributed by atoms with E-state index in [4.69, 9.17) is 9.84 Å². The van der Waals surface area contributed by atoms with Crippen LogP contribution in [-0.2, 0) is 19.2 Å². The van der Waals surface area contributed by atoms with E-state index in [0.29, 0.717) is 11.4 Å². The van der Waals surface area contributed by atoms with Crippen LogP contribution in [0, 0.1) is 0 Å². The Labute approximate surface area is 137 Å². The predicted molar refractivity (Wildman–Crippen MR) is 82.6 cm³/mol. The van der Waals surface area contributed by atoms with Crippen molar-refractivity contribution in [1.29, 1.82) is 0 Å². The Hall–Kier alpha value is -3.10. The second kappa shape index (κ2) is 7.95. The number of nitrogens with one attached hydrogen (secondary N) is 2. The van der Waals surface area contributed by atoms with Gasteiger partial charge < -0.3 is 25.4 Å². The molecule has 0 fully saturated rings. The van der Waals surface area contributed by atoms with Crippen molar-refractivity contribution in [2.45, 2.75) is 6.42 Å². The third kappa shape index (κ3) is 4.70. The Morgan fingerprint density at radius 2 is 1.83 bits per heavy atom. The number of carbonyl (C=O) groups is 4. The van der Waals surface area contributed by atoms with Gasteiger partial charge in [0.15, 0.2) is 6.61 Å². The minimum atomic E-state index is -1.17. The number of aliphatic carboxylic acids is 1. The molecule has 0 radical (unpaired) electrons. The highest BCUT2D eigenvalue weighted by Crippen LogP contribution is 2.31. The quantitative estimate of drug-likeness (QED) is 0.594. The number of carbonyl (C=O) groups excluding carboxylic acids is 3. The van der Waals surface area contributed by atoms with Crippen molar-refractivity contribution in [3.8, 4) is 5.75 Å². The molecule has 0 bridgehead atoms. The van der Waals surface area contributed by atoms with Gasteiger partial charge in [0.25, 0.3) is 5.91 Å². The Morgan fingerprint density at radius 3 is 2.58 bits per heavy atom. The molecule has 0 atom stereocenters. The molecule has 24 heavy (non-hydrogen) atoms. The molecule has 0 aromatic heterocycles. The number of carboxylic acids is 1. The Morgan fingerprint density at radius 1 is 1.12 bits per heavy atom. The number of benzene rings is 1. The lowest BCUT2D eigenvalue weighted by molar-refractivity contribution is -0.137. The molecule has 1 aromatic carbocycles. The minimum Gasteiger partial charge on any atom is -0.482 e. The number of rotatable bonds is 7. The lowest BCUT2D eigenvalue weighted by Crippen LogP contribution is -2.42. The maximum Gasteiger partial charge on any atom is 0.322 e. The van der Waals surface area contributed by atoms with Crippen molar-refractivity contribution in [2.24, 2.45) is 0 Å². The summed E-state index contributed by atoms with van der Waals surface area (Å²) in [5, 5.41) is 12.9. The first-order valence-electron chi connectivity index (χ1n) is 7.25. The van der Waals surface area contributed by atoms with Gasteiger partial charge in [0.1, 0.15) is 12.3 Å². The van der Waals surface area contributed by atoms with Crippen molar-refractivity contribution in [3.05, 3.63) is 24.3 Å². The van der Waals surface area contributed by atoms with Crippen LogP contribution in [0.4, 0.5) is 5.69 Å². The molecule has 3 N–H and O–H groups in total. The third-order valence-electron chi connectivity index (χ3n) is 3.25. The van der Waals surface area contributed by atoms with Gasteiger partial charge in [0.05, 0.1) is 12.2 Å². The molecule has 9 nitrogen and oxygen atoms in total. The summed E-state index contributed by atoms with van der Waals surface area (Å²) < 4.78 is 5.31. The van der Waals surface area contributed by atoms with Crippen LogP contribution in [0.2, 0.25) is 0 Å². The van der Waals surface area contributed by atoms with Crippen LogP contribution in [0.1, 0.15) is 6.42 Å². The molecule has 1 aromatic rings. The van der Waals surface area contributed by atoms with Gasteiger partial charge in [0.2, 0.25) is 11.8 Å². The molecule has 9 heteroatoms. The van der Waals surface area contributed by atoms with Gasteiger partial charge in [-0.25, -0.2) is 0 Å². The summed E-state index contributed by atoms with van der Waals surface area (Å²) in [4.78, 5) is 46.8. The molecule has 3 amide bonds. The number of para-hydroxylation sites is 2. The molecule has 0 aliphatic carbocycles. The zero-order valence-corrected chi connectivity index (χ0v) is 12.8. The van der Waals surface area contributed by atoms with Crippen LogP contribution in [0.3, 0.4) is 0 Å². The predicted octanol–water partition coefficient (Wildman–Crippen LogP) is -0.881. The lowest BCUT2D eigenvalue weighted by Gasteiger charge is -2.29. The van der Waals surface area contributed by atoms with E-state index in [1.807, 2.05) is 0 Å². The SMILES string of the molecule is O=C(O)CNC(=O)CNC(=O)CCN1C(=O)COc2ccccc21. The monoisotopic (exact) mass is 335 g/mol. The van der Waals surface area contributed by atoms with Crippen LogP contribution in [-0.4, -0.2) is 55.0 Å². The van der Waals surface area contributed by atoms with Crippen LogP contribution in [0.15, 0.2) is 24.3 Å². The highest BCUT2D eigenvalue weighted by atomic mass is 16.5. The molecule has 2 rings (SSSR count). The molecule has 1 aliphatic rings. The zero-order chi connectivity index (χ0) is 17.5. The number of hydrogen-bond donors (Lipinski definition) is 3. The van der Waals surface area contributed by atoms with E-state index in [2.05, 4.69) is 10.6 Å². The summed E-state index contributed by atoms with van der Waals surface area (Å²) in [6, 6.07) is 7.02. The van der Waals surface area contributed by atoms with E-state index in [1.165, 1.54) is 4.90 Å². The molecular weight excluding hydrogens is 318 g/mol. The van der Waals surface area contributed by atoms with Gasteiger partial charge in [-0.05, 0) is 12.1 Å². The maximum absolute atomic E-state index is 11.9. The van der Waals surface area contributed by atoms with Crippen LogP contribution < -0.4 is 20.3 Å². The van der Waals surface area contributed by atoms with E-state index in [0.717, 1.165) is 0 Å². The highest BCUT2D eigenvalue weighted by molar-refractivity contribution is 5.98. The van der Waals surface area contributed by atoms with E-state index >= 15 is 0 Å². The van der Waals surface area contributed by atoms with Gasteiger partial charge in [-0.2, -0.15) is 0 Å². The summed E-state index contributed by atoms with van der Waals surface area (Å²) in [5.41, 5.74) is 0.598. The van der Waals surface area contributed by atoms with Gasteiger partial charge in [-0.1, -0.05) is 12.1 Å². The second-order valence-corrected chi connectivity index (χ2v) is 5.00. The molecule has 128 valence electrons. The average Bonchev–Trinajstić information content (AvgIpc) is 2.57. The maximum atomic E-state index is 11.9. The standard InChI is InChI=1S/C15H17N3O6/c19-12(16-7-13(20)17-8-15(22)23)5-6-18-10-3-1-2-4-11(10)24-9-14(18)21/h1-4H,5-9H2,(H,16,19)(H,17,20)(H,22,23). The van der Waals surface area contributed by atoms with Crippen molar-refractivity contribution in [2.75, 3.05) is 31.1 Å². The molecule has 1 aliphatic heterocycles. The van der Waals surface area contributed by atoms with Gasteiger partial charge in [0, 0.05) is 13.0 Å². The van der Waals surface area contributed by atoms with Crippen LogP contribution >= 0.6 is 0 Å². The number of amides is 3. The third-order valence-corrected chi connectivity index (χ3v) is 3.25. The fraction of sp³-hybridized carbons (Fsp3) is 0.333. The number of fused-ring (bicyclic) bond motifs is 1. The average molecular weight is 335 g/mol. The summed E-state index contributed by atoms with van der Waals surface area (Å²) in [7, 11) is 0. The first-order chi connectivity index (χ1) is 11.5. The smallest absolute Gasteiger partial charge is 0.322 e. The van der Waals surface area contributed by atoms with Crippen molar-refractivity contribution >= 4 is 29.4 Å². The number of nitrogens with zero attached hydrogens (tertiary/aromatic N) is 1. The molecule has 1 heterocycles. The fourth-order valence-electron chi connectivity index (χ4n) is 2.12. The number of anilines is 1. The van der Waals surface area contributed by atoms with Crippen LogP contribution in [0.25, 0.3) is 0 Å². The highest BCUT2D eigenvalue weighted by Gasteiger charge is 2.25. The summed E-state index contributed by atoms with van der Waals surface area (Å²) in [6.07, 6.45) is 0.00623. The normalized spacial score (nSPS) is 12.8. The lowest BCUT2D eigenvalue weighted by atomic mass is 10.2. The fourth-order valence-corrected chi connectivity index (χ4v) is 2.12. The van der Waals surface area contributed by atoms with Gasteiger partial charge >= 0.3 is 5.97 Å². The molecule has 0 saturated carbocycles. The summed E-state index contributed by atoms with van der Waals surface area (Å²) >= 11 is 0. The zero-order valence-electron chi connectivity index (χ0n) is 12.8. The molecular formula is C15H17N3O6. The van der Waals surface area contributed by atoms with Crippen molar-refractivity contribution in [3.63, 3.8) is 0 Å². The van der Waals surface area contributed by atoms with Gasteiger partial charge in [-0.3, -0.25) is 19.2 Å². The number of hydrogen-bond acceptors (Lipinski definition) is 5. The minimum absolute atomic E-state index is 0.00623. The number of ether oxygens (including phenoxy) is 1. The van der Waals surface area contributed by atoms with Crippen molar-refractivity contribution < 1.29 is 29.0 Å². The molecule has 0 unspecified atom stereocenters. The summed E-state index contributed by atoms with van der Waals surface area (Å²) in [5.74, 6) is -1.86. The Kier molecular flexibility index (Phi) is 5.72. The van der Waals surface area contributed by atoms with Gasteiger partial charge in [-0.15, -0.1) is 0 Å². The molecule has 0 spiro atoms.